The number of thiophene rings is 1. The van der Waals surface area contributed by atoms with Crippen LogP contribution in [0.25, 0.3) is 81.1 Å². The third-order valence-corrected chi connectivity index (χ3v) is 9.39. The van der Waals surface area contributed by atoms with E-state index in [0.717, 1.165) is 27.5 Å². The summed E-state index contributed by atoms with van der Waals surface area (Å²) in [5.74, 6) is 0. The molecule has 0 aliphatic heterocycles. The summed E-state index contributed by atoms with van der Waals surface area (Å²) in [6.45, 7) is 0. The summed E-state index contributed by atoms with van der Waals surface area (Å²) in [5.41, 5.74) is 10.2. The number of hydrogen-bond acceptors (Lipinski definition) is 2. The number of fused-ring (bicyclic) bond motifs is 8. The van der Waals surface area contributed by atoms with Crippen LogP contribution in [0.4, 0.5) is 0 Å². The zero-order chi connectivity index (χ0) is 26.9. The third kappa shape index (κ3) is 3.30. The lowest BCUT2D eigenvalue weighted by Crippen LogP contribution is -1.93. The first kappa shape index (κ1) is 22.7. The lowest BCUT2D eigenvalue weighted by atomic mass is 9.98. The van der Waals surface area contributed by atoms with Gasteiger partial charge in [0.1, 0.15) is 11.2 Å². The highest BCUT2D eigenvalue weighted by molar-refractivity contribution is 7.26. The van der Waals surface area contributed by atoms with Gasteiger partial charge >= 0.3 is 0 Å². The Hall–Kier alpha value is -5.12. The number of rotatable bonds is 3. The average molecular weight is 542 g/mol. The Bertz CT molecular complexity index is 2410. The third-order valence-electron chi connectivity index (χ3n) is 8.21. The van der Waals surface area contributed by atoms with Gasteiger partial charge in [0, 0.05) is 37.5 Å². The monoisotopic (exact) mass is 541 g/mol. The van der Waals surface area contributed by atoms with E-state index in [1.54, 1.807) is 0 Å². The maximum atomic E-state index is 6.64. The second-order valence-corrected chi connectivity index (χ2v) is 11.6. The van der Waals surface area contributed by atoms with Crippen molar-refractivity contribution >= 4 is 64.5 Å². The molecule has 0 saturated heterocycles. The van der Waals surface area contributed by atoms with E-state index >= 15 is 0 Å². The topological polar surface area (TPSA) is 18.1 Å². The molecule has 0 saturated carbocycles. The van der Waals surface area contributed by atoms with E-state index in [0.29, 0.717) is 0 Å². The van der Waals surface area contributed by atoms with Gasteiger partial charge in [-0.05, 0) is 53.1 Å². The standard InChI is InChI=1S/C38H23NOS/c1-3-11-24(12-4-1)25-21-22-33-31(23-25)29-18-9-17-28(37(29)40-33)27-16-10-20-34-35(27)36-38(41-34)30-15-7-8-19-32(30)39(36)26-13-5-2-6-14-26/h1-23H. The van der Waals surface area contributed by atoms with Gasteiger partial charge in [-0.1, -0.05) is 103 Å². The number of furan rings is 1. The van der Waals surface area contributed by atoms with Gasteiger partial charge in [0.15, 0.2) is 0 Å². The van der Waals surface area contributed by atoms with Gasteiger partial charge in [-0.25, -0.2) is 0 Å². The minimum atomic E-state index is 0.910. The van der Waals surface area contributed by atoms with E-state index in [1.165, 1.54) is 53.6 Å². The molecule has 3 heteroatoms. The fourth-order valence-electron chi connectivity index (χ4n) is 6.40. The molecule has 0 unspecified atom stereocenters. The Morgan fingerprint density at radius 1 is 0.537 bits per heavy atom. The molecule has 0 spiro atoms. The van der Waals surface area contributed by atoms with Gasteiger partial charge in [-0.2, -0.15) is 0 Å². The van der Waals surface area contributed by atoms with E-state index < -0.39 is 0 Å². The molecule has 0 atom stereocenters. The van der Waals surface area contributed by atoms with Crippen molar-refractivity contribution in [3.8, 4) is 27.9 Å². The van der Waals surface area contributed by atoms with E-state index in [4.69, 9.17) is 4.42 Å². The average Bonchev–Trinajstić information content (AvgIpc) is 3.70. The second-order valence-electron chi connectivity index (χ2n) is 10.5. The van der Waals surface area contributed by atoms with Crippen LogP contribution in [0.15, 0.2) is 144 Å². The molecule has 0 aliphatic carbocycles. The normalized spacial score (nSPS) is 11.9. The molecular weight excluding hydrogens is 518 g/mol. The van der Waals surface area contributed by atoms with Crippen LogP contribution in [-0.4, -0.2) is 4.57 Å². The molecule has 0 radical (unpaired) electrons. The summed E-state index contributed by atoms with van der Waals surface area (Å²) in [4.78, 5) is 0. The first-order valence-corrected chi connectivity index (χ1v) is 14.7. The van der Waals surface area contributed by atoms with Gasteiger partial charge in [-0.15, -0.1) is 11.3 Å². The molecule has 9 aromatic rings. The molecule has 0 aliphatic rings. The Morgan fingerprint density at radius 2 is 1.27 bits per heavy atom. The van der Waals surface area contributed by atoms with E-state index in [2.05, 4.69) is 144 Å². The predicted octanol–water partition coefficient (Wildman–Crippen LogP) is 11.2. The number of para-hydroxylation sites is 3. The van der Waals surface area contributed by atoms with Crippen molar-refractivity contribution < 1.29 is 4.42 Å². The van der Waals surface area contributed by atoms with E-state index in [9.17, 15) is 0 Å². The Kier molecular flexibility index (Phi) is 4.80. The highest BCUT2D eigenvalue weighted by atomic mass is 32.1. The number of nitrogens with zero attached hydrogens (tertiary/aromatic N) is 1. The second kappa shape index (κ2) is 8.69. The van der Waals surface area contributed by atoms with Crippen LogP contribution in [0.1, 0.15) is 0 Å². The highest BCUT2D eigenvalue weighted by Gasteiger charge is 2.22. The molecule has 41 heavy (non-hydrogen) atoms. The maximum Gasteiger partial charge on any atom is 0.143 e. The highest BCUT2D eigenvalue weighted by Crippen LogP contribution is 2.47. The summed E-state index contributed by atoms with van der Waals surface area (Å²) in [7, 11) is 0. The molecule has 192 valence electrons. The molecule has 9 rings (SSSR count). The van der Waals surface area contributed by atoms with Crippen molar-refractivity contribution in [3.05, 3.63) is 140 Å². The zero-order valence-corrected chi connectivity index (χ0v) is 22.9. The predicted molar refractivity (Wildman–Crippen MR) is 174 cm³/mol. The lowest BCUT2D eigenvalue weighted by molar-refractivity contribution is 0.670. The van der Waals surface area contributed by atoms with Crippen LogP contribution in [0.2, 0.25) is 0 Å². The summed E-state index contributed by atoms with van der Waals surface area (Å²) in [5, 5.41) is 4.84. The Morgan fingerprint density at radius 3 is 2.15 bits per heavy atom. The first-order valence-electron chi connectivity index (χ1n) is 13.9. The van der Waals surface area contributed by atoms with Crippen LogP contribution in [0, 0.1) is 0 Å². The molecule has 6 aromatic carbocycles. The Balaban J connectivity index is 1.37. The molecule has 0 amide bonds. The van der Waals surface area contributed by atoms with Gasteiger partial charge in [-0.3, -0.25) is 0 Å². The summed E-state index contributed by atoms with van der Waals surface area (Å²) >= 11 is 1.87. The molecule has 3 heterocycles. The van der Waals surface area contributed by atoms with Crippen molar-refractivity contribution in [2.24, 2.45) is 0 Å². The number of benzene rings is 6. The van der Waals surface area contributed by atoms with Crippen LogP contribution < -0.4 is 0 Å². The van der Waals surface area contributed by atoms with Gasteiger partial charge in [0.25, 0.3) is 0 Å². The van der Waals surface area contributed by atoms with Crippen molar-refractivity contribution in [3.63, 3.8) is 0 Å². The minimum Gasteiger partial charge on any atom is -0.455 e. The van der Waals surface area contributed by atoms with Crippen LogP contribution in [0.3, 0.4) is 0 Å². The van der Waals surface area contributed by atoms with Crippen LogP contribution in [-0.2, 0) is 0 Å². The molecule has 2 nitrogen and oxygen atoms in total. The summed E-state index contributed by atoms with van der Waals surface area (Å²) in [6.07, 6.45) is 0. The molecule has 0 N–H and O–H groups in total. The van der Waals surface area contributed by atoms with E-state index in [1.807, 2.05) is 11.3 Å². The summed E-state index contributed by atoms with van der Waals surface area (Å²) in [6, 6.07) is 49.7. The van der Waals surface area contributed by atoms with Gasteiger partial charge in [0.2, 0.25) is 0 Å². The van der Waals surface area contributed by atoms with Crippen molar-refractivity contribution in [2.75, 3.05) is 0 Å². The molecule has 0 fully saturated rings. The molecular formula is C38H23NOS. The number of aromatic nitrogens is 1. The summed E-state index contributed by atoms with van der Waals surface area (Å²) < 4.78 is 11.7. The van der Waals surface area contributed by atoms with E-state index in [-0.39, 0.29) is 0 Å². The quantitative estimate of drug-likeness (QED) is 0.217. The fourth-order valence-corrected chi connectivity index (χ4v) is 7.65. The first-order chi connectivity index (χ1) is 20.3. The van der Waals surface area contributed by atoms with Crippen LogP contribution >= 0.6 is 11.3 Å². The zero-order valence-electron chi connectivity index (χ0n) is 22.0. The smallest absolute Gasteiger partial charge is 0.143 e. The fraction of sp³-hybridized carbons (Fsp3) is 0. The van der Waals surface area contributed by atoms with Crippen molar-refractivity contribution in [1.82, 2.24) is 4.57 Å². The maximum absolute atomic E-state index is 6.64. The SMILES string of the molecule is c1ccc(-c2ccc3oc4c(-c5cccc6sc7c8ccccc8n(-c8ccccc8)c7c56)cccc4c3c2)cc1. The lowest BCUT2D eigenvalue weighted by Gasteiger charge is -2.10. The van der Waals surface area contributed by atoms with Crippen molar-refractivity contribution in [2.45, 2.75) is 0 Å². The minimum absolute atomic E-state index is 0.910. The van der Waals surface area contributed by atoms with Gasteiger partial charge in [0.05, 0.1) is 15.7 Å². The molecule has 3 aromatic heterocycles. The Labute approximate surface area is 240 Å². The van der Waals surface area contributed by atoms with Crippen LogP contribution in [0.5, 0.6) is 0 Å². The number of hydrogen-bond donors (Lipinski definition) is 0. The van der Waals surface area contributed by atoms with Crippen molar-refractivity contribution in [1.29, 1.82) is 0 Å². The largest absolute Gasteiger partial charge is 0.455 e. The van der Waals surface area contributed by atoms with Gasteiger partial charge < -0.3 is 8.98 Å². The molecule has 0 bridgehead atoms.